The van der Waals surface area contributed by atoms with Crippen molar-refractivity contribution in [3.63, 3.8) is 0 Å². The van der Waals surface area contributed by atoms with E-state index in [1.54, 1.807) is 78.8 Å². The number of amides is 1. The van der Waals surface area contributed by atoms with Crippen molar-refractivity contribution in [3.8, 4) is 0 Å². The minimum absolute atomic E-state index is 0.00235. The van der Waals surface area contributed by atoms with Crippen LogP contribution in [-0.2, 0) is 63.6 Å². The normalized spacial score (nSPS) is 33.9. The van der Waals surface area contributed by atoms with E-state index in [0.717, 1.165) is 13.2 Å². The standard InChI is InChI=1S/C40H47NO14/c1-19(2)14-26(43)53-29-31-39-18-51-40(31,35(48)50-8)32(45)27(44)30(39)38(7)17-24(42)28(20(3)22(38)16-25(39)52-34(29)47)54-33(46)23(15-21-12-10-9-11-13-21)41-36(49)55-37(4,5)6/h9-14,22-23,25,29-32,45H,15-18H2,1-8H3,(H,41,49)/t22-,23-,25+,29+,30?,31+,32-,38-,39+,40-/m0/s1. The van der Waals surface area contributed by atoms with Crippen LogP contribution in [0.15, 0.2) is 53.3 Å². The van der Waals surface area contributed by atoms with Crippen LogP contribution in [0.2, 0.25) is 0 Å². The van der Waals surface area contributed by atoms with Crippen LogP contribution in [0.25, 0.3) is 0 Å². The highest BCUT2D eigenvalue weighted by molar-refractivity contribution is 6.02. The highest BCUT2D eigenvalue weighted by Crippen LogP contribution is 2.72. The van der Waals surface area contributed by atoms with E-state index in [2.05, 4.69) is 5.32 Å². The number of rotatable bonds is 8. The van der Waals surface area contributed by atoms with E-state index in [0.29, 0.717) is 11.1 Å². The molecule has 2 N–H and O–H groups in total. The molecule has 4 fully saturated rings. The second-order valence-corrected chi connectivity index (χ2v) is 16.6. The van der Waals surface area contributed by atoms with Crippen LogP contribution >= 0.6 is 0 Å². The van der Waals surface area contributed by atoms with Gasteiger partial charge in [0.2, 0.25) is 11.7 Å². The third-order valence-electron chi connectivity index (χ3n) is 11.7. The molecule has 2 saturated heterocycles. The van der Waals surface area contributed by atoms with Crippen LogP contribution in [0.5, 0.6) is 0 Å². The number of carbonyl (C=O) groups is 7. The van der Waals surface area contributed by atoms with E-state index in [4.69, 9.17) is 28.4 Å². The Morgan fingerprint density at radius 3 is 2.38 bits per heavy atom. The Morgan fingerprint density at radius 1 is 1.09 bits per heavy atom. The number of aliphatic hydroxyl groups excluding tert-OH is 1. The first-order chi connectivity index (χ1) is 25.7. The summed E-state index contributed by atoms with van der Waals surface area (Å²) in [6.45, 7) is 11.2. The summed E-state index contributed by atoms with van der Waals surface area (Å²) < 4.78 is 34.0. The maximum atomic E-state index is 14.6. The number of ether oxygens (including phenoxy) is 6. The molecule has 6 rings (SSSR count). The third-order valence-corrected chi connectivity index (χ3v) is 11.7. The maximum Gasteiger partial charge on any atom is 0.408 e. The zero-order chi connectivity index (χ0) is 40.4. The van der Waals surface area contributed by atoms with Gasteiger partial charge in [0.15, 0.2) is 23.4 Å². The van der Waals surface area contributed by atoms with Crippen LogP contribution in [0.1, 0.15) is 66.9 Å². The second kappa shape index (κ2) is 14.0. The number of nitrogens with one attached hydrogen (secondary N) is 1. The molecule has 2 saturated carbocycles. The molecule has 15 nitrogen and oxygen atoms in total. The summed E-state index contributed by atoms with van der Waals surface area (Å²) in [5.41, 5.74) is -4.58. The fourth-order valence-corrected chi connectivity index (χ4v) is 9.77. The van der Waals surface area contributed by atoms with E-state index >= 15 is 0 Å². The predicted octanol–water partition coefficient (Wildman–Crippen LogP) is 2.85. The molecular formula is C40H47NO14. The fraction of sp³-hybridized carbons (Fsp3) is 0.575. The van der Waals surface area contributed by atoms with Gasteiger partial charge >= 0.3 is 30.0 Å². The monoisotopic (exact) mass is 765 g/mol. The van der Waals surface area contributed by atoms with Crippen LogP contribution in [0.4, 0.5) is 4.79 Å². The van der Waals surface area contributed by atoms with Gasteiger partial charge in [-0.25, -0.2) is 24.0 Å². The SMILES string of the molecule is COC(=O)[C@@]12OC[C@]34C(C(=O)[C@@H]1O)[C@@]1(C)CC(=O)C(OC(=O)[C@H](Cc5ccccc5)NC(=O)OC(C)(C)C)=C(C)[C@@H]1C[C@H]3OC(=O)[C@H](OC(=O)C=C(C)C)[C@@H]24. The van der Waals surface area contributed by atoms with Gasteiger partial charge in [0, 0.05) is 24.8 Å². The van der Waals surface area contributed by atoms with Crippen molar-refractivity contribution in [2.75, 3.05) is 13.7 Å². The molecule has 2 aliphatic heterocycles. The van der Waals surface area contributed by atoms with E-state index in [1.165, 1.54) is 0 Å². The lowest BCUT2D eigenvalue weighted by Gasteiger charge is -2.65. The zero-order valence-electron chi connectivity index (χ0n) is 32.1. The molecule has 3 aliphatic carbocycles. The number of Topliss-reactive ketones (excluding diaryl/α,β-unsaturated/α-hetero) is 2. The van der Waals surface area contributed by atoms with Gasteiger partial charge in [0.05, 0.1) is 25.0 Å². The Labute approximate surface area is 318 Å². The van der Waals surface area contributed by atoms with Gasteiger partial charge in [-0.1, -0.05) is 42.8 Å². The third kappa shape index (κ3) is 6.44. The number of ketones is 2. The van der Waals surface area contributed by atoms with Gasteiger partial charge in [-0.15, -0.1) is 0 Å². The first-order valence-electron chi connectivity index (χ1n) is 18.2. The zero-order valence-corrected chi connectivity index (χ0v) is 32.1. The molecule has 0 aromatic heterocycles. The number of carbonyl (C=O) groups excluding carboxylic acids is 7. The first kappa shape index (κ1) is 39.8. The van der Waals surface area contributed by atoms with Gasteiger partial charge in [-0.05, 0) is 70.4 Å². The molecule has 1 aromatic carbocycles. The van der Waals surface area contributed by atoms with Gasteiger partial charge in [0.1, 0.15) is 17.7 Å². The minimum Gasteiger partial charge on any atom is -0.467 e. The second-order valence-electron chi connectivity index (χ2n) is 16.6. The highest BCUT2D eigenvalue weighted by Gasteiger charge is 2.85. The van der Waals surface area contributed by atoms with Crippen molar-refractivity contribution in [2.45, 2.75) is 103 Å². The Kier molecular flexibility index (Phi) is 10.1. The number of hydrogen-bond donors (Lipinski definition) is 2. The van der Waals surface area contributed by atoms with Crippen LogP contribution in [0, 0.1) is 28.6 Å². The van der Waals surface area contributed by atoms with Crippen molar-refractivity contribution < 1.29 is 67.1 Å². The fourth-order valence-electron chi connectivity index (χ4n) is 9.77. The molecule has 1 aromatic rings. The maximum absolute atomic E-state index is 14.6. The summed E-state index contributed by atoms with van der Waals surface area (Å²) in [5, 5.41) is 14.3. The van der Waals surface area contributed by atoms with Crippen LogP contribution < -0.4 is 5.32 Å². The Bertz CT molecular complexity index is 1890. The minimum atomic E-state index is -2.42. The summed E-state index contributed by atoms with van der Waals surface area (Å²) in [5.74, 6) is -9.16. The average Bonchev–Trinajstić information content (AvgIpc) is 3.40. The smallest absolute Gasteiger partial charge is 0.408 e. The lowest BCUT2D eigenvalue weighted by atomic mass is 9.38. The molecule has 1 amide bonds. The van der Waals surface area contributed by atoms with Crippen molar-refractivity contribution in [2.24, 2.45) is 28.6 Å². The topological polar surface area (TPSA) is 207 Å². The quantitative estimate of drug-likeness (QED) is 0.222. The van der Waals surface area contributed by atoms with Crippen molar-refractivity contribution >= 4 is 41.5 Å². The highest BCUT2D eigenvalue weighted by atomic mass is 16.6. The summed E-state index contributed by atoms with van der Waals surface area (Å²) in [6.07, 6.45) is -5.15. The van der Waals surface area contributed by atoms with Crippen LogP contribution in [-0.4, -0.2) is 95.9 Å². The number of esters is 4. The number of alkyl carbamates (subject to hydrolysis) is 1. The molecule has 2 bridgehead atoms. The number of aliphatic hydroxyl groups is 1. The van der Waals surface area contributed by atoms with Gasteiger partial charge in [-0.3, -0.25) is 9.59 Å². The first-order valence-corrected chi connectivity index (χ1v) is 18.2. The summed E-state index contributed by atoms with van der Waals surface area (Å²) >= 11 is 0. The summed E-state index contributed by atoms with van der Waals surface area (Å²) in [7, 11) is 1.04. The lowest BCUT2D eigenvalue weighted by Crippen LogP contribution is -2.78. The van der Waals surface area contributed by atoms with E-state index in [-0.39, 0.29) is 37.2 Å². The number of hydrogen-bond acceptors (Lipinski definition) is 14. The Hall–Kier alpha value is -4.89. The summed E-state index contributed by atoms with van der Waals surface area (Å²) in [6, 6.07) is 7.59. The molecule has 296 valence electrons. The van der Waals surface area contributed by atoms with Gasteiger partial charge in [0.25, 0.3) is 0 Å². The molecule has 0 radical (unpaired) electrons. The molecule has 5 aliphatic rings. The van der Waals surface area contributed by atoms with Crippen molar-refractivity contribution in [1.82, 2.24) is 5.32 Å². The Balaban J connectivity index is 1.39. The molecule has 1 unspecified atom stereocenters. The largest absolute Gasteiger partial charge is 0.467 e. The number of benzene rings is 1. The van der Waals surface area contributed by atoms with E-state index in [1.807, 2.05) is 0 Å². The number of allylic oxidation sites excluding steroid dienone is 3. The van der Waals surface area contributed by atoms with E-state index < -0.39 is 106 Å². The van der Waals surface area contributed by atoms with E-state index in [9.17, 15) is 38.7 Å². The average molecular weight is 766 g/mol. The molecule has 2 heterocycles. The van der Waals surface area contributed by atoms with Crippen LogP contribution in [0.3, 0.4) is 0 Å². The van der Waals surface area contributed by atoms with Gasteiger partial charge < -0.3 is 38.8 Å². The summed E-state index contributed by atoms with van der Waals surface area (Å²) in [4.78, 5) is 95.9. The lowest BCUT2D eigenvalue weighted by molar-refractivity contribution is -0.255. The number of methoxy groups -OCH3 is 1. The van der Waals surface area contributed by atoms with Gasteiger partial charge in [-0.2, -0.15) is 0 Å². The Morgan fingerprint density at radius 2 is 1.76 bits per heavy atom. The molecule has 55 heavy (non-hydrogen) atoms. The molecule has 15 heteroatoms. The molecular weight excluding hydrogens is 718 g/mol. The van der Waals surface area contributed by atoms with Crippen molar-refractivity contribution in [1.29, 1.82) is 0 Å². The predicted molar refractivity (Wildman–Crippen MR) is 188 cm³/mol. The molecule has 1 spiro atoms. The van der Waals surface area contributed by atoms with Crippen molar-refractivity contribution in [3.05, 3.63) is 58.9 Å². The molecule has 10 atom stereocenters. The number of fused-ring (bicyclic) bond motifs is 2.